The van der Waals surface area contributed by atoms with E-state index in [2.05, 4.69) is 20.5 Å². The van der Waals surface area contributed by atoms with E-state index in [4.69, 9.17) is 17.3 Å². The molecule has 0 saturated heterocycles. The minimum Gasteiger partial charge on any atom is -0.351 e. The number of hydrogen-bond donors (Lipinski definition) is 3. The first-order valence-corrected chi connectivity index (χ1v) is 8.08. The molecule has 0 unspecified atom stereocenters. The number of imide groups is 1. The first kappa shape index (κ1) is 17.3. The lowest BCUT2D eigenvalue weighted by Gasteiger charge is -2.16. The number of H-pyrrole nitrogens is 1. The third kappa shape index (κ3) is 4.70. The largest absolute Gasteiger partial charge is 0.351 e. The van der Waals surface area contributed by atoms with Gasteiger partial charge in [-0.05, 0) is 30.2 Å². The van der Waals surface area contributed by atoms with Crippen molar-refractivity contribution in [1.82, 2.24) is 20.5 Å². The topological polar surface area (TPSA) is 114 Å². The molecule has 2 rings (SSSR count). The van der Waals surface area contributed by atoms with Crippen molar-refractivity contribution in [3.8, 4) is 11.4 Å². The molecule has 1 atom stereocenters. The lowest BCUT2D eigenvalue weighted by atomic mass is 10.1. The fourth-order valence-electron chi connectivity index (χ4n) is 1.83. The van der Waals surface area contributed by atoms with Crippen molar-refractivity contribution in [1.29, 1.82) is 0 Å². The Bertz CT molecular complexity index is 701. The number of primary amides is 1. The molecule has 9 heteroatoms. The molecule has 23 heavy (non-hydrogen) atoms. The number of nitrogens with two attached hydrogens (primary N) is 1. The van der Waals surface area contributed by atoms with Gasteiger partial charge in [-0.2, -0.15) is 0 Å². The molecule has 1 heterocycles. The summed E-state index contributed by atoms with van der Waals surface area (Å²) in [5.74, 6) is 0.0779. The van der Waals surface area contributed by atoms with Gasteiger partial charge in [-0.3, -0.25) is 15.2 Å². The second-order valence-corrected chi connectivity index (χ2v) is 6.65. The van der Waals surface area contributed by atoms with E-state index in [0.29, 0.717) is 16.0 Å². The van der Waals surface area contributed by atoms with Crippen molar-refractivity contribution in [2.45, 2.75) is 24.3 Å². The number of urea groups is 1. The fraction of sp³-hybridized carbons (Fsp3) is 0.286. The first-order valence-electron chi connectivity index (χ1n) is 6.82. The van der Waals surface area contributed by atoms with Crippen LogP contribution in [0.4, 0.5) is 4.79 Å². The number of nitrogens with one attached hydrogen (secondary N) is 2. The molecule has 1 aromatic carbocycles. The first-order chi connectivity index (χ1) is 10.9. The SMILES string of the molecule is CC(C)[C@H](Sc1n[nH]c(-c2ccc(Cl)cc2)n1)C(=O)NC(N)=O. The van der Waals surface area contributed by atoms with Crippen molar-refractivity contribution in [3.63, 3.8) is 0 Å². The third-order valence-corrected chi connectivity index (χ3v) is 4.58. The van der Waals surface area contributed by atoms with Gasteiger partial charge in [0.25, 0.3) is 0 Å². The highest BCUT2D eigenvalue weighted by Crippen LogP contribution is 2.27. The molecule has 7 nitrogen and oxygen atoms in total. The Labute approximate surface area is 142 Å². The Hall–Kier alpha value is -2.06. The molecule has 122 valence electrons. The maximum absolute atomic E-state index is 12.0. The van der Waals surface area contributed by atoms with Crippen LogP contribution in [0.5, 0.6) is 0 Å². The summed E-state index contributed by atoms with van der Waals surface area (Å²) < 4.78 is 0. The Morgan fingerprint density at radius 3 is 2.52 bits per heavy atom. The second kappa shape index (κ2) is 7.47. The number of nitrogens with zero attached hydrogens (tertiary/aromatic N) is 2. The second-order valence-electron chi connectivity index (χ2n) is 5.11. The highest BCUT2D eigenvalue weighted by atomic mass is 35.5. The summed E-state index contributed by atoms with van der Waals surface area (Å²) in [6.07, 6.45) is 0. The van der Waals surface area contributed by atoms with E-state index < -0.39 is 17.2 Å². The van der Waals surface area contributed by atoms with Gasteiger partial charge in [0.15, 0.2) is 5.82 Å². The van der Waals surface area contributed by atoms with Crippen LogP contribution >= 0.6 is 23.4 Å². The number of benzene rings is 1. The average Bonchev–Trinajstić information content (AvgIpc) is 2.93. The average molecular weight is 354 g/mol. The van der Waals surface area contributed by atoms with Crippen molar-refractivity contribution in [3.05, 3.63) is 29.3 Å². The Kier molecular flexibility index (Phi) is 5.62. The van der Waals surface area contributed by atoms with Crippen LogP contribution in [0.2, 0.25) is 5.02 Å². The van der Waals surface area contributed by atoms with E-state index in [0.717, 1.165) is 5.56 Å². The van der Waals surface area contributed by atoms with E-state index in [1.807, 2.05) is 26.0 Å². The molecule has 0 saturated carbocycles. The summed E-state index contributed by atoms with van der Waals surface area (Å²) in [6, 6.07) is 6.26. The molecule has 0 aliphatic heterocycles. The van der Waals surface area contributed by atoms with Gasteiger partial charge in [0.1, 0.15) is 0 Å². The molecule has 0 spiro atoms. The zero-order chi connectivity index (χ0) is 17.0. The lowest BCUT2D eigenvalue weighted by Crippen LogP contribution is -2.42. The Balaban J connectivity index is 2.14. The zero-order valence-corrected chi connectivity index (χ0v) is 14.1. The normalized spacial score (nSPS) is 12.2. The zero-order valence-electron chi connectivity index (χ0n) is 12.5. The summed E-state index contributed by atoms with van der Waals surface area (Å²) in [7, 11) is 0. The highest BCUT2D eigenvalue weighted by molar-refractivity contribution is 8.00. The van der Waals surface area contributed by atoms with Crippen LogP contribution in [0.25, 0.3) is 11.4 Å². The molecular weight excluding hydrogens is 338 g/mol. The van der Waals surface area contributed by atoms with Crippen LogP contribution in [-0.2, 0) is 4.79 Å². The molecule has 3 amide bonds. The number of thioether (sulfide) groups is 1. The molecule has 0 radical (unpaired) electrons. The van der Waals surface area contributed by atoms with Crippen LogP contribution < -0.4 is 11.1 Å². The van der Waals surface area contributed by atoms with Crippen molar-refractivity contribution < 1.29 is 9.59 Å². The van der Waals surface area contributed by atoms with Gasteiger partial charge in [0.05, 0.1) is 5.25 Å². The van der Waals surface area contributed by atoms with Crippen molar-refractivity contribution in [2.24, 2.45) is 11.7 Å². The summed E-state index contributed by atoms with van der Waals surface area (Å²) in [5, 5.41) is 9.51. The number of hydrogen-bond acceptors (Lipinski definition) is 5. The number of rotatable bonds is 5. The Morgan fingerprint density at radius 1 is 1.30 bits per heavy atom. The van der Waals surface area contributed by atoms with E-state index in [9.17, 15) is 9.59 Å². The molecule has 1 aromatic heterocycles. The Morgan fingerprint density at radius 2 is 1.96 bits per heavy atom. The number of aromatic nitrogens is 3. The predicted octanol–water partition coefficient (Wildman–Crippen LogP) is 2.44. The van der Waals surface area contributed by atoms with Crippen LogP contribution in [0.3, 0.4) is 0 Å². The monoisotopic (exact) mass is 353 g/mol. The van der Waals surface area contributed by atoms with Gasteiger partial charge in [0, 0.05) is 10.6 Å². The standard InChI is InChI=1S/C14H16ClN5O2S/c1-7(2)10(12(21)18-13(16)22)23-14-17-11(19-20-14)8-3-5-9(15)6-4-8/h3-7,10H,1-2H3,(H,17,19,20)(H3,16,18,21,22)/t10-/m0/s1. The maximum atomic E-state index is 12.0. The van der Waals surface area contributed by atoms with E-state index in [-0.39, 0.29) is 5.92 Å². The van der Waals surface area contributed by atoms with Gasteiger partial charge in [-0.15, -0.1) is 5.10 Å². The quantitative estimate of drug-likeness (QED) is 0.714. The van der Waals surface area contributed by atoms with E-state index in [1.165, 1.54) is 11.8 Å². The van der Waals surface area contributed by atoms with Crippen LogP contribution in [0.15, 0.2) is 29.4 Å². The molecule has 4 N–H and O–H groups in total. The molecular formula is C14H16ClN5O2S. The summed E-state index contributed by atoms with van der Waals surface area (Å²) >= 11 is 7.02. The number of halogens is 1. The van der Waals surface area contributed by atoms with Gasteiger partial charge < -0.3 is 5.73 Å². The number of amides is 3. The van der Waals surface area contributed by atoms with Crippen LogP contribution in [0.1, 0.15) is 13.8 Å². The molecule has 2 aromatic rings. The summed E-state index contributed by atoms with van der Waals surface area (Å²) in [6.45, 7) is 3.73. The molecule has 0 aliphatic carbocycles. The third-order valence-electron chi connectivity index (χ3n) is 2.93. The van der Waals surface area contributed by atoms with Gasteiger partial charge >= 0.3 is 6.03 Å². The fourth-order valence-corrected chi connectivity index (χ4v) is 2.87. The lowest BCUT2D eigenvalue weighted by molar-refractivity contribution is -0.120. The van der Waals surface area contributed by atoms with Gasteiger partial charge in [0.2, 0.25) is 11.1 Å². The number of carbonyl (C=O) groups is 2. The number of carbonyl (C=O) groups excluding carboxylic acids is 2. The molecule has 0 aliphatic rings. The van der Waals surface area contributed by atoms with Crippen molar-refractivity contribution in [2.75, 3.05) is 0 Å². The smallest absolute Gasteiger partial charge is 0.318 e. The minimum absolute atomic E-state index is 0.0307. The van der Waals surface area contributed by atoms with E-state index in [1.54, 1.807) is 12.1 Å². The highest BCUT2D eigenvalue weighted by Gasteiger charge is 2.26. The maximum Gasteiger partial charge on any atom is 0.318 e. The number of aromatic amines is 1. The minimum atomic E-state index is -0.877. The molecule has 0 bridgehead atoms. The van der Waals surface area contributed by atoms with E-state index >= 15 is 0 Å². The molecule has 0 fully saturated rings. The van der Waals surface area contributed by atoms with Crippen LogP contribution in [-0.4, -0.2) is 32.4 Å². The predicted molar refractivity (Wildman–Crippen MR) is 89.0 cm³/mol. The van der Waals surface area contributed by atoms with Crippen LogP contribution in [0, 0.1) is 5.92 Å². The summed E-state index contributed by atoms with van der Waals surface area (Å²) in [5.41, 5.74) is 5.82. The summed E-state index contributed by atoms with van der Waals surface area (Å²) in [4.78, 5) is 27.2. The van der Waals surface area contributed by atoms with Crippen molar-refractivity contribution >= 4 is 35.3 Å². The van der Waals surface area contributed by atoms with Gasteiger partial charge in [-0.1, -0.05) is 37.2 Å². The van der Waals surface area contributed by atoms with Gasteiger partial charge in [-0.25, -0.2) is 9.78 Å².